The summed E-state index contributed by atoms with van der Waals surface area (Å²) in [5.41, 5.74) is 5.23. The van der Waals surface area contributed by atoms with Crippen LogP contribution in [-0.2, 0) is 16.7 Å². The molecule has 12 nitrogen and oxygen atoms in total. The van der Waals surface area contributed by atoms with Gasteiger partial charge in [0.15, 0.2) is 0 Å². The molecule has 0 saturated heterocycles. The van der Waals surface area contributed by atoms with Gasteiger partial charge < -0.3 is 19.8 Å². The van der Waals surface area contributed by atoms with Gasteiger partial charge in [0, 0.05) is 49.6 Å². The fourth-order valence-corrected chi connectivity index (χ4v) is 4.73. The summed E-state index contributed by atoms with van der Waals surface area (Å²) >= 11 is 0. The van der Waals surface area contributed by atoms with Crippen LogP contribution in [0.3, 0.4) is 0 Å². The van der Waals surface area contributed by atoms with Gasteiger partial charge in [-0.05, 0) is 43.5 Å². The molecule has 1 unspecified atom stereocenters. The van der Waals surface area contributed by atoms with Gasteiger partial charge in [0.2, 0.25) is 11.8 Å². The number of anilines is 2. The van der Waals surface area contributed by atoms with E-state index in [-0.39, 0.29) is 23.3 Å². The van der Waals surface area contributed by atoms with Crippen LogP contribution in [0.1, 0.15) is 73.6 Å². The van der Waals surface area contributed by atoms with E-state index in [1.54, 1.807) is 12.4 Å². The quantitative estimate of drug-likeness (QED) is 0.253. The number of aromatic nitrogens is 6. The normalized spacial score (nSPS) is 15.8. The van der Waals surface area contributed by atoms with Crippen LogP contribution in [0.4, 0.5) is 11.6 Å². The molecule has 0 aliphatic carbocycles. The Bertz CT molecular complexity index is 1490. The highest BCUT2D eigenvalue weighted by Gasteiger charge is 2.28. The Balaban J connectivity index is 1.41. The average molecular weight is 560 g/mol. The second-order valence-electron chi connectivity index (χ2n) is 11.1. The molecule has 41 heavy (non-hydrogen) atoms. The Morgan fingerprint density at radius 3 is 2.83 bits per heavy atom. The molecule has 1 amide bonds. The van der Waals surface area contributed by atoms with E-state index in [1.807, 2.05) is 46.8 Å². The van der Waals surface area contributed by atoms with Crippen LogP contribution < -0.4 is 10.6 Å². The van der Waals surface area contributed by atoms with E-state index in [9.17, 15) is 4.79 Å². The van der Waals surface area contributed by atoms with Crippen LogP contribution in [0, 0.1) is 6.92 Å². The first-order valence-corrected chi connectivity index (χ1v) is 13.9. The molecule has 1 aliphatic rings. The van der Waals surface area contributed by atoms with Crippen LogP contribution in [0.15, 0.2) is 41.1 Å². The van der Waals surface area contributed by atoms with Crippen molar-refractivity contribution in [2.75, 3.05) is 31.6 Å². The van der Waals surface area contributed by atoms with Gasteiger partial charge in [-0.25, -0.2) is 9.97 Å². The topological polar surface area (TPSA) is 147 Å². The standard InChI is InChI=1S/C29H37N9O3/c1-6-40-14-13-38-12-10-23(32-25(39)26-36-37-27(41-26)29(3,4)5)21-8-7-19(15-20(21)17-38)22-9-11-30-28(33-22)34-24-16-31-35-18(24)2/h7-9,11,15-16,23H,6,10,12-14,17H2,1-5H3,(H,31,35)(H,32,39)(H,30,33,34). The number of carbonyl (C=O) groups excluding carboxylic acids is 1. The van der Waals surface area contributed by atoms with Crippen molar-refractivity contribution >= 4 is 17.5 Å². The highest BCUT2D eigenvalue weighted by atomic mass is 16.5. The Morgan fingerprint density at radius 2 is 2.10 bits per heavy atom. The molecule has 0 radical (unpaired) electrons. The third-order valence-electron chi connectivity index (χ3n) is 7.00. The number of H-pyrrole nitrogens is 1. The van der Waals surface area contributed by atoms with Gasteiger partial charge in [0.1, 0.15) is 0 Å². The number of amides is 1. The molecule has 1 atom stereocenters. The molecule has 0 saturated carbocycles. The van der Waals surface area contributed by atoms with Crippen molar-refractivity contribution in [3.05, 3.63) is 65.3 Å². The SMILES string of the molecule is CCOCCN1CCC(NC(=O)c2nnc(C(C)(C)C)o2)c2ccc(-c3ccnc(Nc4c[nH]nc4C)n3)cc2C1. The van der Waals surface area contributed by atoms with Crippen molar-refractivity contribution < 1.29 is 13.9 Å². The van der Waals surface area contributed by atoms with E-state index < -0.39 is 0 Å². The van der Waals surface area contributed by atoms with Crippen LogP contribution in [-0.4, -0.2) is 67.5 Å². The molecule has 4 heterocycles. The van der Waals surface area contributed by atoms with Gasteiger partial charge in [-0.15, -0.1) is 10.2 Å². The maximum Gasteiger partial charge on any atom is 0.309 e. The predicted molar refractivity (Wildman–Crippen MR) is 154 cm³/mol. The van der Waals surface area contributed by atoms with Crippen LogP contribution >= 0.6 is 0 Å². The Hall–Kier alpha value is -4.16. The minimum absolute atomic E-state index is 0.0283. The minimum atomic E-state index is -0.378. The lowest BCUT2D eigenvalue weighted by atomic mass is 9.96. The summed E-state index contributed by atoms with van der Waals surface area (Å²) in [5, 5.41) is 21.4. The number of benzene rings is 1. The largest absolute Gasteiger partial charge is 0.416 e. The fourth-order valence-electron chi connectivity index (χ4n) is 4.73. The minimum Gasteiger partial charge on any atom is -0.416 e. The third-order valence-corrected chi connectivity index (χ3v) is 7.00. The monoisotopic (exact) mass is 559 g/mol. The number of aryl methyl sites for hydroxylation is 1. The van der Waals surface area contributed by atoms with Crippen molar-refractivity contribution in [2.45, 2.75) is 59.0 Å². The second-order valence-corrected chi connectivity index (χ2v) is 11.1. The summed E-state index contributed by atoms with van der Waals surface area (Å²) in [5.74, 6) is 0.508. The zero-order valence-corrected chi connectivity index (χ0v) is 24.2. The van der Waals surface area contributed by atoms with E-state index in [4.69, 9.17) is 14.1 Å². The highest BCUT2D eigenvalue weighted by molar-refractivity contribution is 5.89. The molecule has 3 N–H and O–H groups in total. The Kier molecular flexibility index (Phi) is 8.41. The van der Waals surface area contributed by atoms with Crippen LogP contribution in [0.25, 0.3) is 11.3 Å². The summed E-state index contributed by atoms with van der Waals surface area (Å²) in [6.45, 7) is 13.4. The lowest BCUT2D eigenvalue weighted by Crippen LogP contribution is -2.31. The molecule has 1 aliphatic heterocycles. The van der Waals surface area contributed by atoms with E-state index >= 15 is 0 Å². The predicted octanol–water partition coefficient (Wildman–Crippen LogP) is 4.31. The molecular formula is C29H37N9O3. The van der Waals surface area contributed by atoms with Gasteiger partial charge in [-0.1, -0.05) is 32.9 Å². The lowest BCUT2D eigenvalue weighted by Gasteiger charge is -2.20. The Labute approximate surface area is 239 Å². The number of hydrogen-bond donors (Lipinski definition) is 3. The first-order chi connectivity index (χ1) is 19.7. The molecule has 0 spiro atoms. The zero-order valence-electron chi connectivity index (χ0n) is 24.2. The van der Waals surface area contributed by atoms with Gasteiger partial charge in [0.05, 0.1) is 29.7 Å². The summed E-state index contributed by atoms with van der Waals surface area (Å²) in [6, 6.07) is 7.92. The number of nitrogens with zero attached hydrogens (tertiary/aromatic N) is 6. The zero-order chi connectivity index (χ0) is 29.0. The van der Waals surface area contributed by atoms with Gasteiger partial charge >= 0.3 is 11.8 Å². The van der Waals surface area contributed by atoms with Gasteiger partial charge in [0.25, 0.3) is 0 Å². The molecule has 0 bridgehead atoms. The maximum absolute atomic E-state index is 13.2. The summed E-state index contributed by atoms with van der Waals surface area (Å²) in [4.78, 5) is 24.6. The molecule has 3 aromatic heterocycles. The maximum atomic E-state index is 13.2. The molecule has 4 aromatic rings. The third kappa shape index (κ3) is 6.77. The number of carbonyl (C=O) groups is 1. The van der Waals surface area contributed by atoms with E-state index in [0.29, 0.717) is 25.1 Å². The fraction of sp³-hybridized carbons (Fsp3) is 0.448. The van der Waals surface area contributed by atoms with Crippen molar-refractivity contribution in [3.63, 3.8) is 0 Å². The number of nitrogens with one attached hydrogen (secondary N) is 3. The summed E-state index contributed by atoms with van der Waals surface area (Å²) in [7, 11) is 0. The molecular weight excluding hydrogens is 522 g/mol. The molecule has 216 valence electrons. The average Bonchev–Trinajstić information content (AvgIpc) is 3.57. The van der Waals surface area contributed by atoms with E-state index in [2.05, 4.69) is 53.0 Å². The number of ether oxygens (including phenoxy) is 1. The number of aromatic amines is 1. The molecule has 12 heteroatoms. The smallest absolute Gasteiger partial charge is 0.309 e. The van der Waals surface area contributed by atoms with Crippen LogP contribution in [0.2, 0.25) is 0 Å². The Morgan fingerprint density at radius 1 is 1.24 bits per heavy atom. The van der Waals surface area contributed by atoms with Gasteiger partial charge in [-0.3, -0.25) is 14.8 Å². The van der Waals surface area contributed by atoms with E-state index in [1.165, 1.54) is 0 Å². The van der Waals surface area contributed by atoms with Crippen LogP contribution in [0.5, 0.6) is 0 Å². The van der Waals surface area contributed by atoms with Crippen molar-refractivity contribution in [2.24, 2.45) is 0 Å². The summed E-state index contributed by atoms with van der Waals surface area (Å²) < 4.78 is 11.3. The van der Waals surface area contributed by atoms with Gasteiger partial charge in [-0.2, -0.15) is 5.10 Å². The number of rotatable bonds is 9. The van der Waals surface area contributed by atoms with Crippen molar-refractivity contribution in [1.29, 1.82) is 0 Å². The molecule has 5 rings (SSSR count). The number of fused-ring (bicyclic) bond motifs is 1. The molecule has 1 aromatic carbocycles. The van der Waals surface area contributed by atoms with Crippen molar-refractivity contribution in [1.82, 2.24) is 40.6 Å². The first-order valence-electron chi connectivity index (χ1n) is 13.9. The lowest BCUT2D eigenvalue weighted by molar-refractivity contribution is 0.0889. The van der Waals surface area contributed by atoms with E-state index in [0.717, 1.165) is 59.8 Å². The summed E-state index contributed by atoms with van der Waals surface area (Å²) in [6.07, 6.45) is 4.24. The number of hydrogen-bond acceptors (Lipinski definition) is 10. The molecule has 0 fully saturated rings. The second kappa shape index (κ2) is 12.1. The highest BCUT2D eigenvalue weighted by Crippen LogP contribution is 2.31. The van der Waals surface area contributed by atoms with Crippen molar-refractivity contribution in [3.8, 4) is 11.3 Å². The first kappa shape index (κ1) is 28.4.